The van der Waals surface area contributed by atoms with Gasteiger partial charge in [-0.25, -0.2) is 0 Å². The van der Waals surface area contributed by atoms with Crippen molar-refractivity contribution in [3.63, 3.8) is 0 Å². The Morgan fingerprint density at radius 2 is 1.60 bits per heavy atom. The van der Waals surface area contributed by atoms with E-state index in [4.69, 9.17) is 37.4 Å². The number of aliphatic carboxylic acids is 1. The van der Waals surface area contributed by atoms with Crippen molar-refractivity contribution in [2.45, 2.75) is 18.5 Å². The van der Waals surface area contributed by atoms with E-state index in [-0.39, 0.29) is 17.5 Å². The summed E-state index contributed by atoms with van der Waals surface area (Å²) in [5, 5.41) is 11.0. The molecule has 0 saturated carbocycles. The number of fused-ring (bicyclic) bond motifs is 1. The average molecular weight is 516 g/mol. The van der Waals surface area contributed by atoms with Gasteiger partial charge in [-0.3, -0.25) is 9.59 Å². The maximum atomic E-state index is 13.8. The molecule has 0 radical (unpaired) electrons. The number of carbonyl (C=O) groups excluding carboxylic acids is 1. The first-order chi connectivity index (χ1) is 16.8. The van der Waals surface area contributed by atoms with E-state index in [9.17, 15) is 14.7 Å². The second kappa shape index (κ2) is 10.1. The minimum Gasteiger partial charge on any atom is -0.493 e. The van der Waals surface area contributed by atoms with E-state index < -0.39 is 17.9 Å². The van der Waals surface area contributed by atoms with E-state index in [0.29, 0.717) is 44.5 Å². The molecule has 1 heterocycles. The maximum Gasteiger partial charge on any atom is 0.313 e. The molecule has 1 amide bonds. The lowest BCUT2D eigenvalue weighted by Crippen LogP contribution is -2.44. The Morgan fingerprint density at radius 1 is 0.943 bits per heavy atom. The third kappa shape index (κ3) is 4.49. The monoisotopic (exact) mass is 515 g/mol. The molecule has 0 spiro atoms. The fourth-order valence-electron chi connectivity index (χ4n) is 4.54. The summed E-state index contributed by atoms with van der Waals surface area (Å²) in [6.45, 7) is 0.0667. The van der Waals surface area contributed by atoms with Crippen LogP contribution in [0.25, 0.3) is 0 Å². The molecule has 3 aromatic carbocycles. The number of nitrogens with zero attached hydrogens (tertiary/aromatic N) is 1. The van der Waals surface area contributed by atoms with Gasteiger partial charge in [0.2, 0.25) is 5.75 Å². The highest BCUT2D eigenvalue weighted by Crippen LogP contribution is 2.47. The van der Waals surface area contributed by atoms with Crippen molar-refractivity contribution in [1.82, 2.24) is 4.90 Å². The summed E-state index contributed by atoms with van der Waals surface area (Å²) in [5.41, 5.74) is 1.90. The number of methoxy groups -OCH3 is 3. The summed E-state index contributed by atoms with van der Waals surface area (Å²) in [5.74, 6) is -1.19. The van der Waals surface area contributed by atoms with E-state index in [1.54, 1.807) is 54.6 Å². The summed E-state index contributed by atoms with van der Waals surface area (Å²) in [7, 11) is 4.50. The number of ether oxygens (including phenoxy) is 3. The Bertz CT molecular complexity index is 1270. The van der Waals surface area contributed by atoms with Crippen molar-refractivity contribution >= 4 is 35.1 Å². The van der Waals surface area contributed by atoms with Crippen LogP contribution in [0.2, 0.25) is 10.0 Å². The average Bonchev–Trinajstić information content (AvgIpc) is 2.84. The first-order valence-electron chi connectivity index (χ1n) is 10.7. The number of hydrogen-bond acceptors (Lipinski definition) is 5. The molecular weight excluding hydrogens is 493 g/mol. The summed E-state index contributed by atoms with van der Waals surface area (Å²) in [6.07, 6.45) is 0. The molecule has 0 fully saturated rings. The first kappa shape index (κ1) is 24.7. The van der Waals surface area contributed by atoms with Gasteiger partial charge in [-0.05, 0) is 47.0 Å². The van der Waals surface area contributed by atoms with Gasteiger partial charge in [-0.1, -0.05) is 47.5 Å². The zero-order chi connectivity index (χ0) is 25.3. The number of halogens is 2. The van der Waals surface area contributed by atoms with Crippen LogP contribution < -0.4 is 14.2 Å². The highest BCUT2D eigenvalue weighted by molar-refractivity contribution is 6.35. The highest BCUT2D eigenvalue weighted by Gasteiger charge is 2.45. The summed E-state index contributed by atoms with van der Waals surface area (Å²) >= 11 is 12.6. The third-order valence-electron chi connectivity index (χ3n) is 6.06. The van der Waals surface area contributed by atoms with Gasteiger partial charge in [0.1, 0.15) is 5.92 Å². The molecule has 0 aromatic heterocycles. The van der Waals surface area contributed by atoms with Gasteiger partial charge in [-0.2, -0.15) is 0 Å². The van der Waals surface area contributed by atoms with Crippen molar-refractivity contribution in [3.8, 4) is 17.2 Å². The fourth-order valence-corrected chi connectivity index (χ4v) is 5.06. The molecule has 4 rings (SSSR count). The van der Waals surface area contributed by atoms with Crippen molar-refractivity contribution < 1.29 is 28.9 Å². The molecule has 1 N–H and O–H groups in total. The van der Waals surface area contributed by atoms with E-state index in [1.165, 1.54) is 26.2 Å². The van der Waals surface area contributed by atoms with Gasteiger partial charge >= 0.3 is 5.97 Å². The van der Waals surface area contributed by atoms with Crippen LogP contribution in [-0.2, 0) is 11.3 Å². The molecule has 1 aliphatic rings. The zero-order valence-electron chi connectivity index (χ0n) is 19.2. The van der Waals surface area contributed by atoms with Gasteiger partial charge < -0.3 is 24.2 Å². The number of carboxylic acids is 1. The van der Waals surface area contributed by atoms with Crippen LogP contribution in [0.1, 0.15) is 39.0 Å². The number of benzene rings is 3. The smallest absolute Gasteiger partial charge is 0.313 e. The van der Waals surface area contributed by atoms with Gasteiger partial charge in [0.25, 0.3) is 5.91 Å². The molecular formula is C26H23Cl2NO6. The van der Waals surface area contributed by atoms with Gasteiger partial charge in [0.05, 0.1) is 27.4 Å². The Kier molecular flexibility index (Phi) is 7.10. The fraction of sp³-hybridized carbons (Fsp3) is 0.231. The molecule has 0 bridgehead atoms. The quantitative estimate of drug-likeness (QED) is 0.441. The minimum absolute atomic E-state index is 0.0667. The zero-order valence-corrected chi connectivity index (χ0v) is 20.8. The van der Waals surface area contributed by atoms with E-state index >= 15 is 0 Å². The molecule has 2 atom stereocenters. The SMILES string of the molecule is COc1cc(CN2C(=O)c3ccccc3C(C(=O)O)C2c2ccc(Cl)cc2Cl)cc(OC)c1OC. The largest absolute Gasteiger partial charge is 0.493 e. The molecule has 182 valence electrons. The number of amides is 1. The molecule has 7 nitrogen and oxygen atoms in total. The van der Waals surface area contributed by atoms with Gasteiger partial charge in [-0.15, -0.1) is 0 Å². The van der Waals surface area contributed by atoms with E-state index in [1.807, 2.05) is 0 Å². The second-order valence-corrected chi connectivity index (χ2v) is 8.82. The lowest BCUT2D eigenvalue weighted by Gasteiger charge is -2.41. The highest BCUT2D eigenvalue weighted by atomic mass is 35.5. The molecule has 9 heteroatoms. The lowest BCUT2D eigenvalue weighted by molar-refractivity contribution is -0.140. The number of carboxylic acid groups (broad SMARTS) is 1. The van der Waals surface area contributed by atoms with Crippen LogP contribution in [0, 0.1) is 0 Å². The van der Waals surface area contributed by atoms with Crippen LogP contribution in [-0.4, -0.2) is 43.2 Å². The Labute approximate surface area is 212 Å². The van der Waals surface area contributed by atoms with Crippen LogP contribution in [0.4, 0.5) is 0 Å². The van der Waals surface area contributed by atoms with Gasteiger partial charge in [0.15, 0.2) is 11.5 Å². The summed E-state index contributed by atoms with van der Waals surface area (Å²) in [6, 6.07) is 14.1. The predicted octanol–water partition coefficient (Wildman–Crippen LogP) is 5.58. The Morgan fingerprint density at radius 3 is 2.17 bits per heavy atom. The molecule has 2 unspecified atom stereocenters. The van der Waals surface area contributed by atoms with Crippen LogP contribution in [0.3, 0.4) is 0 Å². The van der Waals surface area contributed by atoms with E-state index in [0.717, 1.165) is 0 Å². The van der Waals surface area contributed by atoms with Crippen molar-refractivity contribution in [1.29, 1.82) is 0 Å². The minimum atomic E-state index is -1.07. The Balaban J connectivity index is 1.91. The number of carbonyl (C=O) groups is 2. The van der Waals surface area contributed by atoms with Gasteiger partial charge in [0, 0.05) is 22.2 Å². The second-order valence-electron chi connectivity index (χ2n) is 7.98. The summed E-state index contributed by atoms with van der Waals surface area (Å²) in [4.78, 5) is 27.9. The molecule has 0 aliphatic carbocycles. The molecule has 3 aromatic rings. The maximum absolute atomic E-state index is 13.8. The predicted molar refractivity (Wildman–Crippen MR) is 132 cm³/mol. The Hall–Kier alpha value is -3.42. The van der Waals surface area contributed by atoms with Crippen molar-refractivity contribution in [2.75, 3.05) is 21.3 Å². The first-order valence-corrected chi connectivity index (χ1v) is 11.4. The molecule has 0 saturated heterocycles. The third-order valence-corrected chi connectivity index (χ3v) is 6.63. The van der Waals surface area contributed by atoms with Crippen LogP contribution >= 0.6 is 23.2 Å². The van der Waals surface area contributed by atoms with Crippen molar-refractivity contribution in [3.05, 3.63) is 86.9 Å². The van der Waals surface area contributed by atoms with Crippen molar-refractivity contribution in [2.24, 2.45) is 0 Å². The normalized spacial score (nSPS) is 17.1. The molecule has 35 heavy (non-hydrogen) atoms. The number of hydrogen-bond donors (Lipinski definition) is 1. The topological polar surface area (TPSA) is 85.3 Å². The lowest BCUT2D eigenvalue weighted by atomic mass is 9.79. The van der Waals surface area contributed by atoms with E-state index in [2.05, 4.69) is 0 Å². The number of rotatable bonds is 7. The van der Waals surface area contributed by atoms with Crippen LogP contribution in [0.5, 0.6) is 17.2 Å². The van der Waals surface area contributed by atoms with Crippen LogP contribution in [0.15, 0.2) is 54.6 Å². The summed E-state index contributed by atoms with van der Waals surface area (Å²) < 4.78 is 16.3. The standard InChI is InChI=1S/C26H23Cl2NO6/c1-33-20-10-14(11-21(34-2)24(20)35-3)13-29-23(18-9-8-15(27)12-19(18)28)22(26(31)32)16-6-4-5-7-17(16)25(29)30/h4-12,22-23H,13H2,1-3H3,(H,31,32). The molecule has 1 aliphatic heterocycles.